The summed E-state index contributed by atoms with van der Waals surface area (Å²) in [6.45, 7) is 4.95. The van der Waals surface area contributed by atoms with Gasteiger partial charge in [0, 0.05) is 52.9 Å². The molecule has 0 spiro atoms. The van der Waals surface area contributed by atoms with Crippen LogP contribution in [0.2, 0.25) is 0 Å². The Morgan fingerprint density at radius 2 is 2.00 bits per heavy atom. The molecular weight excluding hydrogens is 246 g/mol. The number of carbonyl (C=O) groups excluding carboxylic acids is 2. The number of ether oxygens (including phenoxy) is 1. The van der Waals surface area contributed by atoms with Crippen molar-refractivity contribution < 1.29 is 14.3 Å². The third-order valence-electron chi connectivity index (χ3n) is 3.86. The summed E-state index contributed by atoms with van der Waals surface area (Å²) in [5, 5.41) is 2.62. The standard InChI is InChI=1S/C13H23N3O3/c1-14-12(17)9-15-3-5-16(6-4-15)13(18)8-11-2-7-19-10-11/h11H,2-10H2,1H3,(H,14,17)/t11-/m1/s1. The Bertz CT molecular complexity index is 321. The van der Waals surface area contributed by atoms with Gasteiger partial charge in [0.05, 0.1) is 6.54 Å². The number of rotatable bonds is 4. The number of hydrogen-bond acceptors (Lipinski definition) is 4. The van der Waals surface area contributed by atoms with Gasteiger partial charge in [0.25, 0.3) is 0 Å². The highest BCUT2D eigenvalue weighted by atomic mass is 16.5. The van der Waals surface area contributed by atoms with Gasteiger partial charge in [0.15, 0.2) is 0 Å². The largest absolute Gasteiger partial charge is 0.381 e. The van der Waals surface area contributed by atoms with Crippen molar-refractivity contribution in [1.82, 2.24) is 15.1 Å². The topological polar surface area (TPSA) is 61.9 Å². The minimum Gasteiger partial charge on any atom is -0.381 e. The van der Waals surface area contributed by atoms with E-state index in [4.69, 9.17) is 4.74 Å². The van der Waals surface area contributed by atoms with Gasteiger partial charge < -0.3 is 15.0 Å². The van der Waals surface area contributed by atoms with Crippen LogP contribution < -0.4 is 5.32 Å². The Morgan fingerprint density at radius 1 is 1.26 bits per heavy atom. The highest BCUT2D eigenvalue weighted by Crippen LogP contribution is 2.18. The van der Waals surface area contributed by atoms with E-state index >= 15 is 0 Å². The zero-order chi connectivity index (χ0) is 13.7. The van der Waals surface area contributed by atoms with Gasteiger partial charge in [-0.2, -0.15) is 0 Å². The zero-order valence-corrected chi connectivity index (χ0v) is 11.6. The third kappa shape index (κ3) is 4.18. The maximum Gasteiger partial charge on any atom is 0.233 e. The Kier molecular flexibility index (Phi) is 5.15. The second-order valence-corrected chi connectivity index (χ2v) is 5.26. The second kappa shape index (κ2) is 6.86. The van der Waals surface area contributed by atoms with Gasteiger partial charge in [-0.25, -0.2) is 0 Å². The minimum atomic E-state index is 0.0304. The molecule has 6 heteroatoms. The fraction of sp³-hybridized carbons (Fsp3) is 0.846. The van der Waals surface area contributed by atoms with Gasteiger partial charge in [-0.15, -0.1) is 0 Å². The average molecular weight is 269 g/mol. The lowest BCUT2D eigenvalue weighted by molar-refractivity contribution is -0.134. The van der Waals surface area contributed by atoms with Crippen LogP contribution in [-0.4, -0.2) is 74.6 Å². The molecule has 0 saturated carbocycles. The fourth-order valence-corrected chi connectivity index (χ4v) is 2.56. The van der Waals surface area contributed by atoms with Crippen molar-refractivity contribution in [3.63, 3.8) is 0 Å². The zero-order valence-electron chi connectivity index (χ0n) is 11.6. The maximum atomic E-state index is 12.1. The van der Waals surface area contributed by atoms with E-state index in [1.807, 2.05) is 4.90 Å². The van der Waals surface area contributed by atoms with E-state index in [2.05, 4.69) is 10.2 Å². The SMILES string of the molecule is CNC(=O)CN1CCN(C(=O)C[C@H]2CCOC2)CC1. The lowest BCUT2D eigenvalue weighted by Crippen LogP contribution is -2.51. The third-order valence-corrected chi connectivity index (χ3v) is 3.86. The molecule has 108 valence electrons. The van der Waals surface area contributed by atoms with Crippen LogP contribution in [0, 0.1) is 5.92 Å². The lowest BCUT2D eigenvalue weighted by atomic mass is 10.0. The summed E-state index contributed by atoms with van der Waals surface area (Å²) in [4.78, 5) is 27.4. The number of likely N-dealkylation sites (N-methyl/N-ethyl adjacent to an activating group) is 1. The van der Waals surface area contributed by atoms with E-state index in [0.717, 1.165) is 45.8 Å². The van der Waals surface area contributed by atoms with Crippen LogP contribution in [0.1, 0.15) is 12.8 Å². The molecule has 6 nitrogen and oxygen atoms in total. The molecule has 2 rings (SSSR count). The van der Waals surface area contributed by atoms with Gasteiger partial charge in [-0.3, -0.25) is 14.5 Å². The first-order chi connectivity index (χ1) is 9.19. The van der Waals surface area contributed by atoms with Crippen LogP contribution in [0.4, 0.5) is 0 Å². The summed E-state index contributed by atoms with van der Waals surface area (Å²) in [5.74, 6) is 0.661. The second-order valence-electron chi connectivity index (χ2n) is 5.26. The number of nitrogens with zero attached hydrogens (tertiary/aromatic N) is 2. The number of amides is 2. The molecule has 0 aromatic carbocycles. The summed E-state index contributed by atoms with van der Waals surface area (Å²) in [5.41, 5.74) is 0. The predicted octanol–water partition coefficient (Wildman–Crippen LogP) is -0.697. The van der Waals surface area contributed by atoms with Crippen LogP contribution in [-0.2, 0) is 14.3 Å². The van der Waals surface area contributed by atoms with Crippen molar-refractivity contribution in [3.8, 4) is 0 Å². The first-order valence-corrected chi connectivity index (χ1v) is 6.97. The first-order valence-electron chi connectivity index (χ1n) is 6.97. The van der Waals surface area contributed by atoms with E-state index in [1.54, 1.807) is 7.05 Å². The molecule has 1 N–H and O–H groups in total. The van der Waals surface area contributed by atoms with E-state index in [9.17, 15) is 9.59 Å². The number of carbonyl (C=O) groups is 2. The normalized spacial score (nSPS) is 24.5. The van der Waals surface area contributed by atoms with Gasteiger partial charge >= 0.3 is 0 Å². The van der Waals surface area contributed by atoms with E-state index in [1.165, 1.54) is 0 Å². The van der Waals surface area contributed by atoms with E-state index < -0.39 is 0 Å². The summed E-state index contributed by atoms with van der Waals surface area (Å²) in [7, 11) is 1.64. The summed E-state index contributed by atoms with van der Waals surface area (Å²) in [6, 6.07) is 0. The Hall–Kier alpha value is -1.14. The van der Waals surface area contributed by atoms with Crippen molar-refractivity contribution in [2.45, 2.75) is 12.8 Å². The summed E-state index contributed by atoms with van der Waals surface area (Å²) in [6.07, 6.45) is 1.61. The van der Waals surface area contributed by atoms with Crippen LogP contribution >= 0.6 is 0 Å². The lowest BCUT2D eigenvalue weighted by Gasteiger charge is -2.34. The highest BCUT2D eigenvalue weighted by molar-refractivity contribution is 5.78. The van der Waals surface area contributed by atoms with Crippen molar-refractivity contribution in [2.24, 2.45) is 5.92 Å². The number of nitrogens with one attached hydrogen (secondary N) is 1. The molecule has 2 heterocycles. The molecule has 2 aliphatic heterocycles. The van der Waals surface area contributed by atoms with Crippen LogP contribution in [0.25, 0.3) is 0 Å². The fourth-order valence-electron chi connectivity index (χ4n) is 2.56. The monoisotopic (exact) mass is 269 g/mol. The molecule has 0 aromatic rings. The molecule has 1 atom stereocenters. The predicted molar refractivity (Wildman–Crippen MR) is 70.6 cm³/mol. The highest BCUT2D eigenvalue weighted by Gasteiger charge is 2.25. The van der Waals surface area contributed by atoms with Crippen molar-refractivity contribution in [2.75, 3.05) is 53.0 Å². The number of hydrogen-bond donors (Lipinski definition) is 1. The Balaban J connectivity index is 1.70. The van der Waals surface area contributed by atoms with Crippen LogP contribution in [0.15, 0.2) is 0 Å². The molecule has 0 radical (unpaired) electrons. The van der Waals surface area contributed by atoms with Crippen LogP contribution in [0.3, 0.4) is 0 Å². The van der Waals surface area contributed by atoms with Gasteiger partial charge in [0.1, 0.15) is 0 Å². The van der Waals surface area contributed by atoms with E-state index in [0.29, 0.717) is 18.9 Å². The molecule has 19 heavy (non-hydrogen) atoms. The van der Waals surface area contributed by atoms with Crippen LogP contribution in [0.5, 0.6) is 0 Å². The Labute approximate surface area is 114 Å². The summed E-state index contributed by atoms with van der Waals surface area (Å²) < 4.78 is 5.30. The minimum absolute atomic E-state index is 0.0304. The molecule has 0 aromatic heterocycles. The molecule has 2 amide bonds. The van der Waals surface area contributed by atoms with Gasteiger partial charge in [0.2, 0.25) is 11.8 Å². The maximum absolute atomic E-state index is 12.1. The molecular formula is C13H23N3O3. The van der Waals surface area contributed by atoms with Gasteiger partial charge in [-0.1, -0.05) is 0 Å². The van der Waals surface area contributed by atoms with E-state index in [-0.39, 0.29) is 11.8 Å². The smallest absolute Gasteiger partial charge is 0.233 e. The Morgan fingerprint density at radius 3 is 2.58 bits per heavy atom. The van der Waals surface area contributed by atoms with Crippen molar-refractivity contribution in [1.29, 1.82) is 0 Å². The molecule has 2 fully saturated rings. The van der Waals surface area contributed by atoms with Crippen molar-refractivity contribution in [3.05, 3.63) is 0 Å². The summed E-state index contributed by atoms with van der Waals surface area (Å²) >= 11 is 0. The average Bonchev–Trinajstić information content (AvgIpc) is 2.92. The number of piperazine rings is 1. The molecule has 0 unspecified atom stereocenters. The molecule has 0 aliphatic carbocycles. The molecule has 2 aliphatic rings. The molecule has 2 saturated heterocycles. The molecule has 0 bridgehead atoms. The van der Waals surface area contributed by atoms with Gasteiger partial charge in [-0.05, 0) is 12.3 Å². The quantitative estimate of drug-likeness (QED) is 0.733. The first kappa shape index (κ1) is 14.3. The van der Waals surface area contributed by atoms with Crippen molar-refractivity contribution >= 4 is 11.8 Å².